The Labute approximate surface area is 104 Å². The van der Waals surface area contributed by atoms with E-state index in [2.05, 4.69) is 9.80 Å². The van der Waals surface area contributed by atoms with Crippen LogP contribution in [0.1, 0.15) is 44.9 Å². The predicted molar refractivity (Wildman–Crippen MR) is 67.8 cm³/mol. The SMILES string of the molecule is O=C(C1CCCCC1)N1CCN(C2CC2)CC1. The quantitative estimate of drug-likeness (QED) is 0.731. The van der Waals surface area contributed by atoms with Crippen LogP contribution in [-0.4, -0.2) is 47.9 Å². The van der Waals surface area contributed by atoms with Crippen LogP contribution in [0, 0.1) is 5.92 Å². The summed E-state index contributed by atoms with van der Waals surface area (Å²) in [6, 6.07) is 0.863. The van der Waals surface area contributed by atoms with E-state index in [0.29, 0.717) is 11.8 Å². The second-order valence-electron chi connectivity index (χ2n) is 5.93. The average molecular weight is 236 g/mol. The van der Waals surface area contributed by atoms with E-state index in [1.54, 1.807) is 0 Å². The monoisotopic (exact) mass is 236 g/mol. The molecule has 0 spiro atoms. The fourth-order valence-electron chi connectivity index (χ4n) is 3.35. The zero-order valence-electron chi connectivity index (χ0n) is 10.7. The van der Waals surface area contributed by atoms with Gasteiger partial charge in [0.2, 0.25) is 5.91 Å². The first kappa shape index (κ1) is 11.5. The summed E-state index contributed by atoms with van der Waals surface area (Å²) in [6.45, 7) is 4.18. The third-order valence-electron chi connectivity index (χ3n) is 4.64. The van der Waals surface area contributed by atoms with Crippen molar-refractivity contribution in [1.82, 2.24) is 9.80 Å². The van der Waals surface area contributed by atoms with Gasteiger partial charge < -0.3 is 4.90 Å². The maximum atomic E-state index is 12.4. The van der Waals surface area contributed by atoms with E-state index in [1.165, 1.54) is 32.1 Å². The molecule has 0 N–H and O–H groups in total. The zero-order valence-corrected chi connectivity index (χ0v) is 10.7. The smallest absolute Gasteiger partial charge is 0.225 e. The average Bonchev–Trinajstić information content (AvgIpc) is 3.24. The minimum atomic E-state index is 0.358. The first-order chi connectivity index (χ1) is 8.34. The summed E-state index contributed by atoms with van der Waals surface area (Å²) in [4.78, 5) is 17.1. The van der Waals surface area contributed by atoms with Gasteiger partial charge in [0.15, 0.2) is 0 Å². The highest BCUT2D eigenvalue weighted by molar-refractivity contribution is 5.79. The molecule has 96 valence electrons. The van der Waals surface area contributed by atoms with Gasteiger partial charge in [-0.05, 0) is 25.7 Å². The largest absolute Gasteiger partial charge is 0.340 e. The van der Waals surface area contributed by atoms with Crippen molar-refractivity contribution in [2.24, 2.45) is 5.92 Å². The third-order valence-corrected chi connectivity index (χ3v) is 4.64. The number of rotatable bonds is 2. The van der Waals surface area contributed by atoms with Crippen molar-refractivity contribution < 1.29 is 4.79 Å². The fraction of sp³-hybridized carbons (Fsp3) is 0.929. The van der Waals surface area contributed by atoms with E-state index in [9.17, 15) is 4.79 Å². The van der Waals surface area contributed by atoms with Crippen LogP contribution in [0.15, 0.2) is 0 Å². The normalized spacial score (nSPS) is 28.4. The summed E-state index contributed by atoms with van der Waals surface area (Å²) in [5.74, 6) is 0.816. The molecular formula is C14H24N2O. The van der Waals surface area contributed by atoms with Crippen molar-refractivity contribution >= 4 is 5.91 Å². The van der Waals surface area contributed by atoms with Gasteiger partial charge >= 0.3 is 0 Å². The van der Waals surface area contributed by atoms with Crippen molar-refractivity contribution in [3.05, 3.63) is 0 Å². The molecule has 2 saturated carbocycles. The molecule has 3 nitrogen and oxygen atoms in total. The fourth-order valence-corrected chi connectivity index (χ4v) is 3.35. The van der Waals surface area contributed by atoms with E-state index in [4.69, 9.17) is 0 Å². The molecule has 0 aromatic rings. The predicted octanol–water partition coefficient (Wildman–Crippen LogP) is 1.87. The van der Waals surface area contributed by atoms with Crippen molar-refractivity contribution in [2.45, 2.75) is 51.0 Å². The molecule has 17 heavy (non-hydrogen) atoms. The van der Waals surface area contributed by atoms with Crippen molar-refractivity contribution in [1.29, 1.82) is 0 Å². The summed E-state index contributed by atoms with van der Waals surface area (Å²) in [5, 5.41) is 0. The summed E-state index contributed by atoms with van der Waals surface area (Å²) in [7, 11) is 0. The highest BCUT2D eigenvalue weighted by Crippen LogP contribution is 2.29. The Morgan fingerprint density at radius 1 is 0.824 bits per heavy atom. The number of amides is 1. The molecule has 0 aromatic carbocycles. The second kappa shape index (κ2) is 4.97. The topological polar surface area (TPSA) is 23.6 Å². The maximum Gasteiger partial charge on any atom is 0.225 e. The van der Waals surface area contributed by atoms with Crippen LogP contribution in [0.5, 0.6) is 0 Å². The van der Waals surface area contributed by atoms with Gasteiger partial charge in [-0.2, -0.15) is 0 Å². The lowest BCUT2D eigenvalue weighted by Gasteiger charge is -2.37. The maximum absolute atomic E-state index is 12.4. The Morgan fingerprint density at radius 2 is 1.47 bits per heavy atom. The summed E-state index contributed by atoms with van der Waals surface area (Å²) < 4.78 is 0. The number of carbonyl (C=O) groups is 1. The lowest BCUT2D eigenvalue weighted by Crippen LogP contribution is -2.51. The number of hydrogen-bond donors (Lipinski definition) is 0. The minimum Gasteiger partial charge on any atom is -0.340 e. The van der Waals surface area contributed by atoms with E-state index in [1.807, 2.05) is 0 Å². The Bertz CT molecular complexity index is 274. The van der Waals surface area contributed by atoms with Gasteiger partial charge in [-0.3, -0.25) is 9.69 Å². The van der Waals surface area contributed by atoms with Crippen LogP contribution < -0.4 is 0 Å². The molecule has 0 aromatic heterocycles. The van der Waals surface area contributed by atoms with Gasteiger partial charge in [0.05, 0.1) is 0 Å². The number of piperazine rings is 1. The van der Waals surface area contributed by atoms with Gasteiger partial charge in [0.1, 0.15) is 0 Å². The lowest BCUT2D eigenvalue weighted by molar-refractivity contribution is -0.138. The van der Waals surface area contributed by atoms with Gasteiger partial charge in [-0.25, -0.2) is 0 Å². The summed E-state index contributed by atoms with van der Waals surface area (Å²) in [6.07, 6.45) is 8.91. The molecule has 1 saturated heterocycles. The Hall–Kier alpha value is -0.570. The molecule has 0 radical (unpaired) electrons. The molecule has 3 rings (SSSR count). The zero-order chi connectivity index (χ0) is 11.7. The molecule has 3 heteroatoms. The second-order valence-corrected chi connectivity index (χ2v) is 5.93. The molecule has 3 fully saturated rings. The standard InChI is InChI=1S/C14H24N2O/c17-14(12-4-2-1-3-5-12)16-10-8-15(9-11-16)13-6-7-13/h12-13H,1-11H2. The van der Waals surface area contributed by atoms with Crippen LogP contribution in [0.2, 0.25) is 0 Å². The van der Waals surface area contributed by atoms with Crippen molar-refractivity contribution in [3.8, 4) is 0 Å². The van der Waals surface area contributed by atoms with E-state index in [-0.39, 0.29) is 0 Å². The Morgan fingerprint density at radius 3 is 2.06 bits per heavy atom. The van der Waals surface area contributed by atoms with Crippen LogP contribution >= 0.6 is 0 Å². The Balaban J connectivity index is 1.49. The number of nitrogens with zero attached hydrogens (tertiary/aromatic N) is 2. The number of carbonyl (C=O) groups excluding carboxylic acids is 1. The molecule has 0 atom stereocenters. The molecule has 0 unspecified atom stereocenters. The number of hydrogen-bond acceptors (Lipinski definition) is 2. The minimum absolute atomic E-state index is 0.358. The first-order valence-electron chi connectivity index (χ1n) is 7.37. The molecule has 2 aliphatic carbocycles. The van der Waals surface area contributed by atoms with E-state index in [0.717, 1.165) is 45.1 Å². The van der Waals surface area contributed by atoms with Crippen LogP contribution in [0.3, 0.4) is 0 Å². The van der Waals surface area contributed by atoms with Gasteiger partial charge in [-0.1, -0.05) is 19.3 Å². The molecule has 1 aliphatic heterocycles. The van der Waals surface area contributed by atoms with E-state index >= 15 is 0 Å². The van der Waals surface area contributed by atoms with E-state index < -0.39 is 0 Å². The van der Waals surface area contributed by atoms with Crippen molar-refractivity contribution in [2.75, 3.05) is 26.2 Å². The Kier molecular flexibility index (Phi) is 3.37. The highest BCUT2D eigenvalue weighted by atomic mass is 16.2. The van der Waals surface area contributed by atoms with Crippen LogP contribution in [-0.2, 0) is 4.79 Å². The highest BCUT2D eigenvalue weighted by Gasteiger charge is 2.33. The molecule has 1 heterocycles. The summed E-state index contributed by atoms with van der Waals surface area (Å²) >= 11 is 0. The van der Waals surface area contributed by atoms with Gasteiger partial charge in [0, 0.05) is 38.1 Å². The van der Waals surface area contributed by atoms with Gasteiger partial charge in [-0.15, -0.1) is 0 Å². The third kappa shape index (κ3) is 2.65. The van der Waals surface area contributed by atoms with Crippen LogP contribution in [0.4, 0.5) is 0 Å². The van der Waals surface area contributed by atoms with Gasteiger partial charge in [0.25, 0.3) is 0 Å². The lowest BCUT2D eigenvalue weighted by atomic mass is 9.88. The molecular weight excluding hydrogens is 212 g/mol. The summed E-state index contributed by atoms with van der Waals surface area (Å²) in [5.41, 5.74) is 0. The molecule has 1 amide bonds. The van der Waals surface area contributed by atoms with Crippen molar-refractivity contribution in [3.63, 3.8) is 0 Å². The molecule has 0 bridgehead atoms. The first-order valence-corrected chi connectivity index (χ1v) is 7.37. The molecule has 3 aliphatic rings. The van der Waals surface area contributed by atoms with Crippen LogP contribution in [0.25, 0.3) is 0 Å².